The first kappa shape index (κ1) is 22.6. The van der Waals surface area contributed by atoms with E-state index in [1.807, 2.05) is 24.3 Å². The number of alkyl carbamates (subject to hydrolysis) is 1. The van der Waals surface area contributed by atoms with Crippen molar-refractivity contribution in [3.63, 3.8) is 0 Å². The molecule has 0 aliphatic heterocycles. The van der Waals surface area contributed by atoms with Crippen LogP contribution in [-0.2, 0) is 16.6 Å². The van der Waals surface area contributed by atoms with Crippen LogP contribution in [0, 0.1) is 0 Å². The number of benzene rings is 2. The van der Waals surface area contributed by atoms with Crippen molar-refractivity contribution in [3.05, 3.63) is 71.4 Å². The molecule has 2 amide bonds. The highest BCUT2D eigenvalue weighted by atomic mass is 16.5. The zero-order valence-electron chi connectivity index (χ0n) is 19.3. The lowest BCUT2D eigenvalue weighted by molar-refractivity contribution is -0.118. The lowest BCUT2D eigenvalue weighted by Gasteiger charge is -2.41. The van der Waals surface area contributed by atoms with Crippen LogP contribution < -0.4 is 10.6 Å². The first-order valence-corrected chi connectivity index (χ1v) is 11.6. The fraction of sp³-hybridized carbons (Fsp3) is 0.308. The molecule has 0 spiro atoms. The van der Waals surface area contributed by atoms with Gasteiger partial charge in [-0.25, -0.2) is 9.59 Å². The average Bonchev–Trinajstić information content (AvgIpc) is 3.33. The van der Waals surface area contributed by atoms with Gasteiger partial charge in [-0.1, -0.05) is 48.5 Å². The predicted octanol–water partition coefficient (Wildman–Crippen LogP) is 3.91. The second-order valence-electron chi connectivity index (χ2n) is 9.15. The molecule has 0 radical (unpaired) electrons. The Morgan fingerprint density at radius 1 is 1.09 bits per heavy atom. The van der Waals surface area contributed by atoms with E-state index < -0.39 is 17.6 Å². The monoisotopic (exact) mass is 474 g/mol. The van der Waals surface area contributed by atoms with Crippen LogP contribution in [0.4, 0.5) is 10.6 Å². The summed E-state index contributed by atoms with van der Waals surface area (Å²) in [7, 11) is 1.49. The summed E-state index contributed by atoms with van der Waals surface area (Å²) in [5, 5.41) is 18.7. The molecule has 0 atom stereocenters. The van der Waals surface area contributed by atoms with Crippen molar-refractivity contribution in [2.45, 2.75) is 37.1 Å². The smallest absolute Gasteiger partial charge is 0.407 e. The van der Waals surface area contributed by atoms with Gasteiger partial charge in [0, 0.05) is 19.0 Å². The van der Waals surface area contributed by atoms with Crippen LogP contribution in [0.5, 0.6) is 0 Å². The van der Waals surface area contributed by atoms with E-state index in [0.717, 1.165) is 28.7 Å². The highest BCUT2D eigenvalue weighted by Crippen LogP contribution is 2.44. The molecule has 3 aromatic rings. The van der Waals surface area contributed by atoms with Crippen molar-refractivity contribution in [1.82, 2.24) is 15.1 Å². The molecule has 2 aromatic carbocycles. The second-order valence-corrected chi connectivity index (χ2v) is 9.15. The Hall–Kier alpha value is -4.14. The molecule has 9 nitrogen and oxygen atoms in total. The molecule has 1 saturated carbocycles. The number of carbonyl (C=O) groups is 3. The number of aromatic carboxylic acids is 1. The number of aryl methyl sites for hydroxylation is 1. The first-order chi connectivity index (χ1) is 16.8. The maximum atomic E-state index is 12.7. The number of hydrogen-bond donors (Lipinski definition) is 3. The Morgan fingerprint density at radius 2 is 1.71 bits per heavy atom. The molecule has 5 rings (SSSR count). The molecule has 2 aliphatic carbocycles. The standard InChI is InChI=1S/C26H26N4O5/c1-30-21(24(32)33)13-22(29-30)27-23(31)14-26(11-6-12-26)28-25(34)35-15-20-18-9-4-2-7-16(18)17-8-3-5-10-19(17)20/h2-5,7-10,13,20H,6,11-12,14-15H2,1H3,(H,28,34)(H,32,33)(H,27,29,31). The van der Waals surface area contributed by atoms with Gasteiger partial charge >= 0.3 is 12.1 Å². The van der Waals surface area contributed by atoms with E-state index in [1.54, 1.807) is 0 Å². The number of ether oxygens (including phenoxy) is 1. The molecule has 3 N–H and O–H groups in total. The largest absolute Gasteiger partial charge is 0.477 e. The van der Waals surface area contributed by atoms with Crippen LogP contribution in [0.2, 0.25) is 0 Å². The van der Waals surface area contributed by atoms with Gasteiger partial charge in [0.2, 0.25) is 5.91 Å². The van der Waals surface area contributed by atoms with Crippen molar-refractivity contribution in [3.8, 4) is 11.1 Å². The highest BCUT2D eigenvalue weighted by Gasteiger charge is 2.41. The Kier molecular flexibility index (Phi) is 5.76. The van der Waals surface area contributed by atoms with Crippen LogP contribution in [0.1, 0.15) is 53.2 Å². The zero-order chi connectivity index (χ0) is 24.6. The lowest BCUT2D eigenvalue weighted by Crippen LogP contribution is -2.55. The highest BCUT2D eigenvalue weighted by molar-refractivity contribution is 5.93. The van der Waals surface area contributed by atoms with Gasteiger partial charge in [-0.2, -0.15) is 5.10 Å². The normalized spacial score (nSPS) is 15.5. The van der Waals surface area contributed by atoms with Gasteiger partial charge in [0.1, 0.15) is 12.3 Å². The number of anilines is 1. The van der Waals surface area contributed by atoms with Crippen LogP contribution in [-0.4, -0.2) is 45.0 Å². The third kappa shape index (κ3) is 4.37. The number of nitrogens with zero attached hydrogens (tertiary/aromatic N) is 2. The maximum Gasteiger partial charge on any atom is 0.407 e. The molecule has 35 heavy (non-hydrogen) atoms. The number of rotatable bonds is 7. The second kappa shape index (κ2) is 8.90. The van der Waals surface area contributed by atoms with Gasteiger partial charge in [-0.3, -0.25) is 9.48 Å². The number of hydrogen-bond acceptors (Lipinski definition) is 5. The van der Waals surface area contributed by atoms with Crippen molar-refractivity contribution < 1.29 is 24.2 Å². The number of carboxylic acids is 1. The van der Waals surface area contributed by atoms with E-state index in [-0.39, 0.29) is 36.4 Å². The molecule has 9 heteroatoms. The zero-order valence-corrected chi connectivity index (χ0v) is 19.3. The molecule has 0 bridgehead atoms. The van der Waals surface area contributed by atoms with E-state index in [4.69, 9.17) is 9.84 Å². The van der Waals surface area contributed by atoms with Gasteiger partial charge in [-0.15, -0.1) is 0 Å². The van der Waals surface area contributed by atoms with Crippen molar-refractivity contribution >= 4 is 23.8 Å². The topological polar surface area (TPSA) is 123 Å². The van der Waals surface area contributed by atoms with Crippen molar-refractivity contribution in [1.29, 1.82) is 0 Å². The van der Waals surface area contributed by atoms with E-state index in [0.29, 0.717) is 12.8 Å². The van der Waals surface area contributed by atoms with Gasteiger partial charge in [-0.05, 0) is 41.5 Å². The molecule has 2 aliphatic rings. The summed E-state index contributed by atoms with van der Waals surface area (Å²) in [6.45, 7) is 0.202. The quantitative estimate of drug-likeness (QED) is 0.477. The molecule has 1 aromatic heterocycles. The number of carbonyl (C=O) groups excluding carboxylic acids is 2. The van der Waals surface area contributed by atoms with Gasteiger partial charge in [0.15, 0.2) is 5.82 Å². The van der Waals surface area contributed by atoms with E-state index >= 15 is 0 Å². The number of carboxylic acid groups (broad SMARTS) is 1. The summed E-state index contributed by atoms with van der Waals surface area (Å²) in [5.41, 5.74) is 3.87. The summed E-state index contributed by atoms with van der Waals surface area (Å²) in [6.07, 6.45) is 1.71. The fourth-order valence-electron chi connectivity index (χ4n) is 5.02. The van der Waals surface area contributed by atoms with Gasteiger partial charge < -0.3 is 20.5 Å². The lowest BCUT2D eigenvalue weighted by atomic mass is 9.74. The first-order valence-electron chi connectivity index (χ1n) is 11.6. The molecular formula is C26H26N4O5. The van der Waals surface area contributed by atoms with Crippen molar-refractivity contribution in [2.75, 3.05) is 11.9 Å². The summed E-state index contributed by atoms with van der Waals surface area (Å²) in [4.78, 5) is 36.6. The van der Waals surface area contributed by atoms with Crippen LogP contribution in [0.25, 0.3) is 11.1 Å². The van der Waals surface area contributed by atoms with Crippen LogP contribution >= 0.6 is 0 Å². The number of aromatic nitrogens is 2. The molecule has 0 saturated heterocycles. The SMILES string of the molecule is Cn1nc(NC(=O)CC2(NC(=O)OCC3c4ccccc4-c4ccccc43)CCC2)cc1C(=O)O. The Labute approximate surface area is 202 Å². The minimum Gasteiger partial charge on any atom is -0.477 e. The summed E-state index contributed by atoms with van der Waals surface area (Å²) in [5.74, 6) is -1.36. The average molecular weight is 475 g/mol. The molecule has 180 valence electrons. The van der Waals surface area contributed by atoms with Crippen LogP contribution in [0.3, 0.4) is 0 Å². The summed E-state index contributed by atoms with van der Waals surface area (Å²) >= 11 is 0. The minimum atomic E-state index is -1.13. The van der Waals surface area contributed by atoms with Crippen molar-refractivity contribution in [2.24, 2.45) is 7.05 Å². The van der Waals surface area contributed by atoms with Gasteiger partial charge in [0.05, 0.1) is 12.0 Å². The Bertz CT molecular complexity index is 1270. The Balaban J connectivity index is 1.20. The Morgan fingerprint density at radius 3 is 2.26 bits per heavy atom. The summed E-state index contributed by atoms with van der Waals surface area (Å²) in [6, 6.07) is 17.6. The molecular weight excluding hydrogens is 448 g/mol. The molecule has 1 fully saturated rings. The number of nitrogens with one attached hydrogen (secondary N) is 2. The molecule has 0 unspecified atom stereocenters. The van der Waals surface area contributed by atoms with E-state index in [1.165, 1.54) is 17.8 Å². The van der Waals surface area contributed by atoms with E-state index in [9.17, 15) is 14.4 Å². The third-order valence-electron chi connectivity index (χ3n) is 6.89. The maximum absolute atomic E-state index is 12.7. The van der Waals surface area contributed by atoms with Gasteiger partial charge in [0.25, 0.3) is 0 Å². The number of amides is 2. The number of fused-ring (bicyclic) bond motifs is 3. The van der Waals surface area contributed by atoms with Crippen LogP contribution in [0.15, 0.2) is 54.6 Å². The predicted molar refractivity (Wildman–Crippen MR) is 128 cm³/mol. The minimum absolute atomic E-state index is 0.0320. The fourth-order valence-corrected chi connectivity index (χ4v) is 5.02. The molecule has 1 heterocycles. The summed E-state index contributed by atoms with van der Waals surface area (Å²) < 4.78 is 6.84. The van der Waals surface area contributed by atoms with E-state index in [2.05, 4.69) is 40.0 Å². The third-order valence-corrected chi connectivity index (χ3v) is 6.89.